The highest BCUT2D eigenvalue weighted by Crippen LogP contribution is 2.22. The summed E-state index contributed by atoms with van der Waals surface area (Å²) in [5.41, 5.74) is 2.18. The summed E-state index contributed by atoms with van der Waals surface area (Å²) in [6.07, 6.45) is 4.48. The minimum absolute atomic E-state index is 0.143. The van der Waals surface area contributed by atoms with Gasteiger partial charge < -0.3 is 4.74 Å². The number of hydrogen-bond acceptors (Lipinski definition) is 2. The van der Waals surface area contributed by atoms with Crippen molar-refractivity contribution in [1.29, 1.82) is 0 Å². The first-order valence-corrected chi connectivity index (χ1v) is 7.70. The summed E-state index contributed by atoms with van der Waals surface area (Å²) >= 11 is 0. The molecule has 3 heteroatoms. The highest BCUT2D eigenvalue weighted by atomic mass is 16.5. The second kappa shape index (κ2) is 9.54. The maximum Gasteiger partial charge on any atom is 0.228 e. The number of hydrogen-bond donors (Lipinski definition) is 0. The molecule has 112 valence electrons. The molecule has 1 aromatic carbocycles. The van der Waals surface area contributed by atoms with E-state index < -0.39 is 0 Å². The molecular weight excluding hydrogens is 250 g/mol. The van der Waals surface area contributed by atoms with E-state index >= 15 is 0 Å². The second-order valence-corrected chi connectivity index (χ2v) is 4.94. The third-order valence-corrected chi connectivity index (χ3v) is 3.29. The molecule has 1 amide bonds. The van der Waals surface area contributed by atoms with Gasteiger partial charge in [0, 0.05) is 18.7 Å². The third-order valence-electron chi connectivity index (χ3n) is 3.29. The zero-order valence-electron chi connectivity index (χ0n) is 13.0. The molecule has 0 radical (unpaired) electrons. The Morgan fingerprint density at radius 2 is 1.90 bits per heavy atom. The maximum absolute atomic E-state index is 12.3. The number of ether oxygens (including phenoxy) is 1. The van der Waals surface area contributed by atoms with Crippen LogP contribution in [0, 0.1) is 0 Å². The summed E-state index contributed by atoms with van der Waals surface area (Å²) in [5, 5.41) is 0. The standard InChI is InChI=1S/C17H27NO2/c1-4-7-13-20-14-18(17(19)10-5-2)16-12-9-8-11-15(16)6-3/h8-9,11-12H,4-7,10,13-14H2,1-3H3. The van der Waals surface area contributed by atoms with Gasteiger partial charge in [-0.3, -0.25) is 9.69 Å². The van der Waals surface area contributed by atoms with Gasteiger partial charge in [-0.25, -0.2) is 0 Å². The van der Waals surface area contributed by atoms with Crippen LogP contribution in [0.4, 0.5) is 5.69 Å². The van der Waals surface area contributed by atoms with Crippen LogP contribution >= 0.6 is 0 Å². The van der Waals surface area contributed by atoms with Crippen LogP contribution in [0.3, 0.4) is 0 Å². The van der Waals surface area contributed by atoms with Crippen molar-refractivity contribution in [2.75, 3.05) is 18.2 Å². The Morgan fingerprint density at radius 3 is 2.55 bits per heavy atom. The summed E-state index contributed by atoms with van der Waals surface area (Å²) in [5.74, 6) is 0.143. The average molecular weight is 277 g/mol. The molecule has 0 aliphatic rings. The quantitative estimate of drug-likeness (QED) is 0.501. The second-order valence-electron chi connectivity index (χ2n) is 4.94. The zero-order valence-corrected chi connectivity index (χ0v) is 13.0. The van der Waals surface area contributed by atoms with Gasteiger partial charge in [0.1, 0.15) is 6.73 Å². The van der Waals surface area contributed by atoms with Crippen LogP contribution in [-0.2, 0) is 16.0 Å². The Hall–Kier alpha value is -1.35. The molecule has 0 saturated heterocycles. The normalized spacial score (nSPS) is 10.6. The van der Waals surface area contributed by atoms with Crippen molar-refractivity contribution in [3.63, 3.8) is 0 Å². The Bertz CT molecular complexity index is 404. The van der Waals surface area contributed by atoms with E-state index in [0.29, 0.717) is 19.8 Å². The highest BCUT2D eigenvalue weighted by Gasteiger charge is 2.17. The molecule has 0 unspecified atom stereocenters. The van der Waals surface area contributed by atoms with Gasteiger partial charge in [-0.05, 0) is 30.9 Å². The number of aryl methyl sites for hydroxylation is 1. The predicted molar refractivity (Wildman–Crippen MR) is 83.9 cm³/mol. The van der Waals surface area contributed by atoms with Crippen molar-refractivity contribution in [1.82, 2.24) is 0 Å². The molecule has 1 aromatic rings. The molecule has 1 rings (SSSR count). The highest BCUT2D eigenvalue weighted by molar-refractivity contribution is 5.93. The summed E-state index contributed by atoms with van der Waals surface area (Å²) in [6.45, 7) is 7.34. The lowest BCUT2D eigenvalue weighted by Crippen LogP contribution is -2.33. The van der Waals surface area contributed by atoms with Crippen molar-refractivity contribution < 1.29 is 9.53 Å². The lowest BCUT2D eigenvalue weighted by atomic mass is 10.1. The minimum atomic E-state index is 0.143. The van der Waals surface area contributed by atoms with Gasteiger partial charge >= 0.3 is 0 Å². The number of rotatable bonds is 9. The van der Waals surface area contributed by atoms with E-state index in [2.05, 4.69) is 19.9 Å². The Balaban J connectivity index is 2.82. The van der Waals surface area contributed by atoms with Gasteiger partial charge in [-0.1, -0.05) is 45.4 Å². The number of nitrogens with zero attached hydrogens (tertiary/aromatic N) is 1. The Kier molecular flexibility index (Phi) is 7.97. The van der Waals surface area contributed by atoms with Gasteiger partial charge in [-0.2, -0.15) is 0 Å². The predicted octanol–water partition coefficient (Wildman–Crippen LogP) is 4.16. The fourth-order valence-electron chi connectivity index (χ4n) is 2.10. The van der Waals surface area contributed by atoms with E-state index in [1.165, 1.54) is 5.56 Å². The van der Waals surface area contributed by atoms with Crippen molar-refractivity contribution >= 4 is 11.6 Å². The van der Waals surface area contributed by atoms with E-state index in [1.807, 2.05) is 25.1 Å². The van der Waals surface area contributed by atoms with E-state index in [9.17, 15) is 4.79 Å². The number of unbranched alkanes of at least 4 members (excludes halogenated alkanes) is 1. The first-order chi connectivity index (χ1) is 9.74. The minimum Gasteiger partial charge on any atom is -0.361 e. The van der Waals surface area contributed by atoms with Crippen LogP contribution in [0.5, 0.6) is 0 Å². The van der Waals surface area contributed by atoms with E-state index in [0.717, 1.165) is 31.4 Å². The number of para-hydroxylation sites is 1. The summed E-state index contributed by atoms with van der Waals surface area (Å²) < 4.78 is 5.66. The molecule has 0 aromatic heterocycles. The number of amides is 1. The van der Waals surface area contributed by atoms with Gasteiger partial charge in [0.25, 0.3) is 0 Å². The number of carbonyl (C=O) groups is 1. The Labute approximate surface area is 122 Å². The van der Waals surface area contributed by atoms with E-state index in [-0.39, 0.29) is 5.91 Å². The average Bonchev–Trinajstić information content (AvgIpc) is 2.47. The fraction of sp³-hybridized carbons (Fsp3) is 0.588. The molecule has 0 saturated carbocycles. The van der Waals surface area contributed by atoms with E-state index in [1.54, 1.807) is 4.90 Å². The van der Waals surface area contributed by atoms with Crippen LogP contribution in [0.25, 0.3) is 0 Å². The van der Waals surface area contributed by atoms with Crippen LogP contribution in [-0.4, -0.2) is 19.2 Å². The van der Waals surface area contributed by atoms with Crippen LogP contribution in [0.2, 0.25) is 0 Å². The molecule has 0 bridgehead atoms. The molecule has 0 spiro atoms. The lowest BCUT2D eigenvalue weighted by Gasteiger charge is -2.25. The van der Waals surface area contributed by atoms with Crippen molar-refractivity contribution in [3.8, 4) is 0 Å². The number of anilines is 1. The molecule has 3 nitrogen and oxygen atoms in total. The third kappa shape index (κ3) is 4.97. The molecule has 0 atom stereocenters. The topological polar surface area (TPSA) is 29.5 Å². The number of carbonyl (C=O) groups excluding carboxylic acids is 1. The van der Waals surface area contributed by atoms with Crippen molar-refractivity contribution in [2.45, 2.75) is 52.9 Å². The van der Waals surface area contributed by atoms with Crippen molar-refractivity contribution in [2.24, 2.45) is 0 Å². The summed E-state index contributed by atoms with van der Waals surface area (Å²) in [7, 11) is 0. The Morgan fingerprint density at radius 1 is 1.15 bits per heavy atom. The first kappa shape index (κ1) is 16.7. The summed E-state index contributed by atoms with van der Waals surface area (Å²) in [6, 6.07) is 8.08. The van der Waals surface area contributed by atoms with Crippen LogP contribution in [0.15, 0.2) is 24.3 Å². The van der Waals surface area contributed by atoms with E-state index in [4.69, 9.17) is 4.74 Å². The molecule has 0 heterocycles. The molecule has 0 aliphatic carbocycles. The smallest absolute Gasteiger partial charge is 0.228 e. The lowest BCUT2D eigenvalue weighted by molar-refractivity contribution is -0.119. The SMILES string of the molecule is CCCCOCN(C(=O)CCC)c1ccccc1CC. The van der Waals surface area contributed by atoms with Gasteiger partial charge in [-0.15, -0.1) is 0 Å². The van der Waals surface area contributed by atoms with Crippen LogP contribution < -0.4 is 4.90 Å². The van der Waals surface area contributed by atoms with Crippen molar-refractivity contribution in [3.05, 3.63) is 29.8 Å². The molecule has 0 aliphatic heterocycles. The zero-order chi connectivity index (χ0) is 14.8. The molecule has 0 N–H and O–H groups in total. The largest absolute Gasteiger partial charge is 0.361 e. The number of benzene rings is 1. The fourth-order valence-corrected chi connectivity index (χ4v) is 2.10. The molecular formula is C17H27NO2. The summed E-state index contributed by atoms with van der Waals surface area (Å²) in [4.78, 5) is 14.1. The monoisotopic (exact) mass is 277 g/mol. The van der Waals surface area contributed by atoms with Gasteiger partial charge in [0.15, 0.2) is 0 Å². The molecule has 20 heavy (non-hydrogen) atoms. The first-order valence-electron chi connectivity index (χ1n) is 7.70. The maximum atomic E-state index is 12.3. The molecule has 0 fully saturated rings. The van der Waals surface area contributed by atoms with Gasteiger partial charge in [0.2, 0.25) is 5.91 Å². The van der Waals surface area contributed by atoms with Gasteiger partial charge in [0.05, 0.1) is 0 Å². The van der Waals surface area contributed by atoms with Crippen LogP contribution in [0.1, 0.15) is 52.0 Å².